The fourth-order valence-electron chi connectivity index (χ4n) is 3.40. The lowest BCUT2D eigenvalue weighted by Gasteiger charge is -2.27. The number of rotatable bonds is 9. The molecule has 0 aliphatic heterocycles. The first-order valence-electron chi connectivity index (χ1n) is 10.6. The summed E-state index contributed by atoms with van der Waals surface area (Å²) in [7, 11) is 1.52. The maximum Gasteiger partial charge on any atom is 0.416 e. The number of nitriles is 1. The first-order chi connectivity index (χ1) is 17.0. The molecule has 3 aromatic carbocycles. The third kappa shape index (κ3) is 5.93. The van der Waals surface area contributed by atoms with Crippen molar-refractivity contribution in [1.29, 1.82) is 5.26 Å². The average molecular weight is 538 g/mol. The highest BCUT2D eigenvalue weighted by Gasteiger charge is 2.43. The van der Waals surface area contributed by atoms with E-state index in [1.807, 2.05) is 6.07 Å². The Kier molecular flexibility index (Phi) is 8.51. The van der Waals surface area contributed by atoms with E-state index in [4.69, 9.17) is 37.4 Å². The lowest BCUT2D eigenvalue weighted by atomic mass is 9.88. The van der Waals surface area contributed by atoms with Crippen LogP contribution in [0.1, 0.15) is 30.0 Å². The number of ketones is 1. The summed E-state index contributed by atoms with van der Waals surface area (Å²) in [6.07, 6.45) is -4.56. The molecule has 0 aliphatic rings. The van der Waals surface area contributed by atoms with Gasteiger partial charge in [0.15, 0.2) is 5.78 Å². The van der Waals surface area contributed by atoms with Crippen LogP contribution in [0.5, 0.6) is 17.2 Å². The molecule has 1 atom stereocenters. The molecule has 3 rings (SSSR count). The van der Waals surface area contributed by atoms with Gasteiger partial charge in [-0.05, 0) is 42.0 Å². The van der Waals surface area contributed by atoms with Gasteiger partial charge in [-0.2, -0.15) is 18.4 Å². The van der Waals surface area contributed by atoms with Gasteiger partial charge in [-0.1, -0.05) is 48.3 Å². The molecule has 188 valence electrons. The molecule has 0 amide bonds. The molecule has 0 radical (unpaired) electrons. The Bertz CT molecular complexity index is 1310. The van der Waals surface area contributed by atoms with Gasteiger partial charge >= 0.3 is 6.18 Å². The van der Waals surface area contributed by atoms with E-state index in [1.165, 1.54) is 25.3 Å². The molecule has 3 aromatic rings. The van der Waals surface area contributed by atoms with Gasteiger partial charge < -0.3 is 14.2 Å². The molecule has 5 nitrogen and oxygen atoms in total. The Morgan fingerprint density at radius 3 is 2.33 bits per heavy atom. The molecule has 0 bridgehead atoms. The van der Waals surface area contributed by atoms with Gasteiger partial charge in [0.2, 0.25) is 0 Å². The van der Waals surface area contributed by atoms with Gasteiger partial charge in [0.1, 0.15) is 23.3 Å². The van der Waals surface area contributed by atoms with E-state index in [-0.39, 0.29) is 40.3 Å². The lowest BCUT2D eigenvalue weighted by Crippen LogP contribution is -2.40. The Morgan fingerprint density at radius 2 is 1.72 bits per heavy atom. The van der Waals surface area contributed by atoms with Crippen LogP contribution in [0.25, 0.3) is 0 Å². The molecule has 10 heteroatoms. The van der Waals surface area contributed by atoms with E-state index in [0.717, 1.165) is 23.8 Å². The number of benzene rings is 3. The molecule has 0 heterocycles. The molecule has 0 spiro atoms. The lowest BCUT2D eigenvalue weighted by molar-refractivity contribution is -0.137. The molecular formula is C26H20Cl2F3NO4. The van der Waals surface area contributed by atoms with Crippen molar-refractivity contribution >= 4 is 29.0 Å². The summed E-state index contributed by atoms with van der Waals surface area (Å²) >= 11 is 12.3. The van der Waals surface area contributed by atoms with Crippen molar-refractivity contribution in [3.8, 4) is 23.3 Å². The summed E-state index contributed by atoms with van der Waals surface area (Å²) in [5.74, 6) is -0.480. The van der Waals surface area contributed by atoms with Gasteiger partial charge in [-0.25, -0.2) is 0 Å². The number of carbonyl (C=O) groups excluding carboxylic acids is 1. The zero-order chi connectivity index (χ0) is 26.5. The van der Waals surface area contributed by atoms with E-state index < -0.39 is 23.1 Å². The van der Waals surface area contributed by atoms with Crippen LogP contribution in [-0.2, 0) is 27.9 Å². The Morgan fingerprint density at radius 1 is 0.972 bits per heavy atom. The zero-order valence-corrected chi connectivity index (χ0v) is 20.7. The molecule has 1 unspecified atom stereocenters. The number of nitrogens with zero attached hydrogens (tertiary/aromatic N) is 1. The van der Waals surface area contributed by atoms with Gasteiger partial charge in [-0.3, -0.25) is 4.79 Å². The minimum atomic E-state index is -4.56. The fraction of sp³-hybridized carbons (Fsp3) is 0.231. The number of alkyl halides is 3. The normalized spacial score (nSPS) is 12.9. The summed E-state index contributed by atoms with van der Waals surface area (Å²) in [5.41, 5.74) is -1.93. The van der Waals surface area contributed by atoms with Crippen molar-refractivity contribution in [3.05, 3.63) is 87.4 Å². The highest BCUT2D eigenvalue weighted by atomic mass is 35.5. The van der Waals surface area contributed by atoms with Gasteiger partial charge in [0.25, 0.3) is 5.60 Å². The number of methoxy groups -OCH3 is 1. The van der Waals surface area contributed by atoms with E-state index in [0.29, 0.717) is 5.56 Å². The molecule has 0 fully saturated rings. The summed E-state index contributed by atoms with van der Waals surface area (Å²) in [6.45, 7) is 1.86. The minimum absolute atomic E-state index is 0.00294. The van der Waals surface area contributed by atoms with Crippen LogP contribution in [0.4, 0.5) is 13.2 Å². The summed E-state index contributed by atoms with van der Waals surface area (Å²) in [5, 5.41) is 9.95. The number of Topliss-reactive ketones (excluding diaryl/α,β-unsaturated/α-hetero) is 1. The van der Waals surface area contributed by atoms with Gasteiger partial charge in [-0.15, -0.1) is 0 Å². The average Bonchev–Trinajstić information content (AvgIpc) is 2.85. The molecule has 36 heavy (non-hydrogen) atoms. The Balaban J connectivity index is 2.00. The first kappa shape index (κ1) is 27.3. The summed E-state index contributed by atoms with van der Waals surface area (Å²) in [4.78, 5) is 13.0. The number of hydrogen-bond donors (Lipinski definition) is 0. The van der Waals surface area contributed by atoms with Crippen molar-refractivity contribution in [2.45, 2.75) is 31.7 Å². The Labute approximate surface area is 215 Å². The fourth-order valence-corrected chi connectivity index (χ4v) is 3.77. The maximum atomic E-state index is 13.0. The number of halogens is 5. The molecular weight excluding hydrogens is 518 g/mol. The van der Waals surface area contributed by atoms with E-state index in [2.05, 4.69) is 0 Å². The summed E-state index contributed by atoms with van der Waals surface area (Å²) < 4.78 is 55.5. The number of carbonyl (C=O) groups is 1. The number of hydrogen-bond acceptors (Lipinski definition) is 5. The molecule has 0 saturated carbocycles. The SMILES string of the molecule is CCC(=O)C(C#N)(Oc1cc(Oc2ccc(C(F)(F)F)cc2Cl)ccc1Cl)c1cccc(COC)c1. The quantitative estimate of drug-likeness (QED) is 0.279. The van der Waals surface area contributed by atoms with Crippen LogP contribution in [-0.4, -0.2) is 12.9 Å². The van der Waals surface area contributed by atoms with Crippen molar-refractivity contribution in [2.75, 3.05) is 7.11 Å². The standard InChI is InChI=1S/C26H20Cl2F3NO4/c1-3-24(33)25(15-32,17-6-4-5-16(11-17)14-34-2)36-23-13-19(8-9-20(23)27)35-22-10-7-18(12-21(22)28)26(29,30)31/h4-13H,3,14H2,1-2H3. The van der Waals surface area contributed by atoms with Gasteiger partial charge in [0.05, 0.1) is 22.2 Å². The zero-order valence-electron chi connectivity index (χ0n) is 19.2. The first-order valence-corrected chi connectivity index (χ1v) is 11.4. The molecule has 0 saturated heterocycles. The second-order valence-electron chi connectivity index (χ2n) is 7.64. The van der Waals surface area contributed by atoms with Crippen LogP contribution in [0.3, 0.4) is 0 Å². The third-order valence-electron chi connectivity index (χ3n) is 5.17. The maximum absolute atomic E-state index is 13.0. The van der Waals surface area contributed by atoms with Crippen LogP contribution in [0.2, 0.25) is 10.0 Å². The predicted molar refractivity (Wildman–Crippen MR) is 128 cm³/mol. The third-order valence-corrected chi connectivity index (χ3v) is 5.78. The Hall–Kier alpha value is -3.25. The predicted octanol–water partition coefficient (Wildman–Crippen LogP) is 7.73. The van der Waals surface area contributed by atoms with Crippen molar-refractivity contribution in [3.63, 3.8) is 0 Å². The number of ether oxygens (including phenoxy) is 3. The van der Waals surface area contributed by atoms with Crippen LogP contribution >= 0.6 is 23.2 Å². The molecule has 0 N–H and O–H groups in total. The molecule has 0 aliphatic carbocycles. The van der Waals surface area contributed by atoms with Crippen molar-refractivity contribution in [1.82, 2.24) is 0 Å². The second-order valence-corrected chi connectivity index (χ2v) is 8.46. The van der Waals surface area contributed by atoms with Crippen LogP contribution in [0, 0.1) is 11.3 Å². The largest absolute Gasteiger partial charge is 0.459 e. The monoisotopic (exact) mass is 537 g/mol. The second kappa shape index (κ2) is 11.2. The van der Waals surface area contributed by atoms with E-state index in [9.17, 15) is 23.2 Å². The van der Waals surface area contributed by atoms with Crippen molar-refractivity contribution < 1.29 is 32.2 Å². The molecule has 0 aromatic heterocycles. The van der Waals surface area contributed by atoms with Crippen molar-refractivity contribution in [2.24, 2.45) is 0 Å². The van der Waals surface area contributed by atoms with E-state index in [1.54, 1.807) is 31.2 Å². The van der Waals surface area contributed by atoms with E-state index >= 15 is 0 Å². The topological polar surface area (TPSA) is 68.6 Å². The van der Waals surface area contributed by atoms with Crippen LogP contribution in [0.15, 0.2) is 60.7 Å². The minimum Gasteiger partial charge on any atom is -0.459 e. The summed E-state index contributed by atoms with van der Waals surface area (Å²) in [6, 6.07) is 15.5. The highest BCUT2D eigenvalue weighted by molar-refractivity contribution is 6.32. The highest BCUT2D eigenvalue weighted by Crippen LogP contribution is 2.40. The van der Waals surface area contributed by atoms with Crippen LogP contribution < -0.4 is 9.47 Å². The van der Waals surface area contributed by atoms with Gasteiger partial charge in [0, 0.05) is 25.2 Å². The smallest absolute Gasteiger partial charge is 0.416 e.